The molecule has 0 spiro atoms. The monoisotopic (exact) mass is 289 g/mol. The molecule has 0 N–H and O–H groups in total. The lowest BCUT2D eigenvalue weighted by Gasteiger charge is -2.14. The molecule has 0 aliphatic carbocycles. The number of rotatable bonds is 13. The van der Waals surface area contributed by atoms with E-state index in [4.69, 9.17) is 0 Å². The lowest BCUT2D eigenvalue weighted by atomic mass is 9.92. The number of aromatic nitrogens is 1. The summed E-state index contributed by atoms with van der Waals surface area (Å²) in [5.41, 5.74) is 1.43. The summed E-state index contributed by atoms with van der Waals surface area (Å²) >= 11 is 0. The van der Waals surface area contributed by atoms with Crippen LogP contribution >= 0.6 is 0 Å². The van der Waals surface area contributed by atoms with Crippen molar-refractivity contribution in [2.45, 2.75) is 96.8 Å². The van der Waals surface area contributed by atoms with E-state index in [1.807, 2.05) is 12.4 Å². The van der Waals surface area contributed by atoms with E-state index in [9.17, 15) is 0 Å². The van der Waals surface area contributed by atoms with Crippen LogP contribution in [0.5, 0.6) is 0 Å². The highest BCUT2D eigenvalue weighted by molar-refractivity contribution is 5.14. The Hall–Kier alpha value is -0.850. The largest absolute Gasteiger partial charge is 0.264 e. The van der Waals surface area contributed by atoms with Crippen LogP contribution in [0.4, 0.5) is 0 Å². The molecular weight excluding hydrogens is 254 g/mol. The van der Waals surface area contributed by atoms with E-state index in [1.54, 1.807) is 0 Å². The SMILES string of the molecule is CCCCCCCCCCCCC(CC)c1cccnc1. The third-order valence-electron chi connectivity index (χ3n) is 4.55. The van der Waals surface area contributed by atoms with E-state index >= 15 is 0 Å². The Morgan fingerprint density at radius 3 is 2.00 bits per heavy atom. The van der Waals surface area contributed by atoms with Gasteiger partial charge in [0.2, 0.25) is 0 Å². The molecule has 1 aromatic rings. The minimum atomic E-state index is 0.716. The molecule has 1 heterocycles. The predicted octanol–water partition coefficient (Wildman–Crippen LogP) is 6.89. The van der Waals surface area contributed by atoms with Crippen LogP contribution in [-0.4, -0.2) is 4.98 Å². The molecule has 1 atom stereocenters. The normalized spacial score (nSPS) is 12.5. The van der Waals surface area contributed by atoms with Crippen molar-refractivity contribution in [2.75, 3.05) is 0 Å². The molecule has 1 rings (SSSR count). The van der Waals surface area contributed by atoms with Crippen molar-refractivity contribution in [3.8, 4) is 0 Å². The first-order valence-electron chi connectivity index (χ1n) is 9.28. The van der Waals surface area contributed by atoms with Gasteiger partial charge in [-0.25, -0.2) is 0 Å². The fraction of sp³-hybridized carbons (Fsp3) is 0.750. The average molecular weight is 290 g/mol. The minimum Gasteiger partial charge on any atom is -0.264 e. The molecule has 0 aliphatic heterocycles. The molecule has 0 amide bonds. The number of hydrogen-bond acceptors (Lipinski definition) is 1. The quantitative estimate of drug-likeness (QED) is 0.360. The second-order valence-corrected chi connectivity index (χ2v) is 6.36. The van der Waals surface area contributed by atoms with E-state index in [1.165, 1.54) is 82.6 Å². The number of hydrogen-bond donors (Lipinski definition) is 0. The third-order valence-corrected chi connectivity index (χ3v) is 4.55. The summed E-state index contributed by atoms with van der Waals surface area (Å²) in [5, 5.41) is 0. The minimum absolute atomic E-state index is 0.716. The van der Waals surface area contributed by atoms with Crippen molar-refractivity contribution in [1.82, 2.24) is 4.98 Å². The maximum absolute atomic E-state index is 4.25. The van der Waals surface area contributed by atoms with Crippen LogP contribution in [0.3, 0.4) is 0 Å². The van der Waals surface area contributed by atoms with Gasteiger partial charge in [0.25, 0.3) is 0 Å². The smallest absolute Gasteiger partial charge is 0.0302 e. The first-order chi connectivity index (χ1) is 10.4. The second kappa shape index (κ2) is 12.9. The van der Waals surface area contributed by atoms with Gasteiger partial charge >= 0.3 is 0 Å². The van der Waals surface area contributed by atoms with Gasteiger partial charge in [0, 0.05) is 12.4 Å². The summed E-state index contributed by atoms with van der Waals surface area (Å²) in [5.74, 6) is 0.716. The topological polar surface area (TPSA) is 12.9 Å². The zero-order valence-electron chi connectivity index (χ0n) is 14.3. The first kappa shape index (κ1) is 18.2. The summed E-state index contributed by atoms with van der Waals surface area (Å²) in [6.45, 7) is 4.59. The van der Waals surface area contributed by atoms with Crippen LogP contribution < -0.4 is 0 Å². The lowest BCUT2D eigenvalue weighted by molar-refractivity contribution is 0.517. The molecule has 120 valence electrons. The van der Waals surface area contributed by atoms with Gasteiger partial charge in [-0.2, -0.15) is 0 Å². The van der Waals surface area contributed by atoms with Crippen LogP contribution in [0, 0.1) is 0 Å². The van der Waals surface area contributed by atoms with E-state index in [-0.39, 0.29) is 0 Å². The number of nitrogens with zero attached hydrogens (tertiary/aromatic N) is 1. The summed E-state index contributed by atoms with van der Waals surface area (Å²) in [6, 6.07) is 4.30. The van der Waals surface area contributed by atoms with Gasteiger partial charge in [-0.1, -0.05) is 84.1 Å². The van der Waals surface area contributed by atoms with Gasteiger partial charge in [0.05, 0.1) is 0 Å². The van der Waals surface area contributed by atoms with Crippen molar-refractivity contribution < 1.29 is 0 Å². The van der Waals surface area contributed by atoms with Gasteiger partial charge in [0.1, 0.15) is 0 Å². The second-order valence-electron chi connectivity index (χ2n) is 6.36. The maximum atomic E-state index is 4.25. The molecule has 1 nitrogen and oxygen atoms in total. The van der Waals surface area contributed by atoms with Gasteiger partial charge in [-0.15, -0.1) is 0 Å². The zero-order valence-corrected chi connectivity index (χ0v) is 14.3. The Balaban J connectivity index is 1.98. The van der Waals surface area contributed by atoms with Crippen LogP contribution in [0.2, 0.25) is 0 Å². The first-order valence-corrected chi connectivity index (χ1v) is 9.28. The summed E-state index contributed by atoms with van der Waals surface area (Å²) in [4.78, 5) is 4.25. The standard InChI is InChI=1S/C20H35N/c1-3-5-6-7-8-9-10-11-12-13-15-19(4-2)20-16-14-17-21-18-20/h14,16-19H,3-13,15H2,1-2H3. The average Bonchev–Trinajstić information content (AvgIpc) is 2.54. The Kier molecular flexibility index (Phi) is 11.1. The third kappa shape index (κ3) is 8.90. The molecule has 0 saturated heterocycles. The molecular formula is C20H35N. The molecule has 1 aromatic heterocycles. The highest BCUT2D eigenvalue weighted by Crippen LogP contribution is 2.25. The summed E-state index contributed by atoms with van der Waals surface area (Å²) < 4.78 is 0. The molecule has 0 saturated carbocycles. The fourth-order valence-electron chi connectivity index (χ4n) is 3.10. The molecule has 0 aromatic carbocycles. The van der Waals surface area contributed by atoms with Crippen molar-refractivity contribution in [1.29, 1.82) is 0 Å². The molecule has 21 heavy (non-hydrogen) atoms. The molecule has 0 fully saturated rings. The molecule has 0 bridgehead atoms. The zero-order chi connectivity index (χ0) is 15.2. The van der Waals surface area contributed by atoms with Gasteiger partial charge in [-0.05, 0) is 30.4 Å². The molecule has 1 unspecified atom stereocenters. The Morgan fingerprint density at radius 2 is 1.48 bits per heavy atom. The highest BCUT2D eigenvalue weighted by Gasteiger charge is 2.08. The van der Waals surface area contributed by atoms with Crippen molar-refractivity contribution in [2.24, 2.45) is 0 Å². The van der Waals surface area contributed by atoms with Crippen molar-refractivity contribution >= 4 is 0 Å². The van der Waals surface area contributed by atoms with Crippen LogP contribution in [0.15, 0.2) is 24.5 Å². The predicted molar refractivity (Wildman–Crippen MR) is 93.7 cm³/mol. The fourth-order valence-corrected chi connectivity index (χ4v) is 3.10. The van der Waals surface area contributed by atoms with Gasteiger partial charge < -0.3 is 0 Å². The van der Waals surface area contributed by atoms with E-state index < -0.39 is 0 Å². The molecule has 0 radical (unpaired) electrons. The number of unbranched alkanes of at least 4 members (excludes halogenated alkanes) is 9. The van der Waals surface area contributed by atoms with E-state index in [0.29, 0.717) is 5.92 Å². The van der Waals surface area contributed by atoms with Crippen molar-refractivity contribution in [3.05, 3.63) is 30.1 Å². The van der Waals surface area contributed by atoms with E-state index in [2.05, 4.69) is 31.0 Å². The van der Waals surface area contributed by atoms with E-state index in [0.717, 1.165) is 0 Å². The van der Waals surface area contributed by atoms with Gasteiger partial charge in [-0.3, -0.25) is 4.98 Å². The van der Waals surface area contributed by atoms with Gasteiger partial charge in [0.15, 0.2) is 0 Å². The molecule has 0 aliphatic rings. The Bertz CT molecular complexity index is 320. The number of pyridine rings is 1. The summed E-state index contributed by atoms with van der Waals surface area (Å²) in [7, 11) is 0. The highest BCUT2D eigenvalue weighted by atomic mass is 14.6. The van der Waals surface area contributed by atoms with Crippen LogP contribution in [0.1, 0.15) is 102 Å². The molecule has 1 heteroatoms. The van der Waals surface area contributed by atoms with Crippen LogP contribution in [-0.2, 0) is 0 Å². The van der Waals surface area contributed by atoms with Crippen molar-refractivity contribution in [3.63, 3.8) is 0 Å². The Labute approximate surface area is 132 Å². The summed E-state index contributed by atoms with van der Waals surface area (Å²) in [6.07, 6.45) is 20.7. The maximum Gasteiger partial charge on any atom is 0.0302 e. The lowest BCUT2D eigenvalue weighted by Crippen LogP contribution is -1.98. The van der Waals surface area contributed by atoms with Crippen LogP contribution in [0.25, 0.3) is 0 Å². The Morgan fingerprint density at radius 1 is 0.857 bits per heavy atom.